The summed E-state index contributed by atoms with van der Waals surface area (Å²) in [5, 5.41) is 20.3. The molecule has 3 aromatic rings. The van der Waals surface area contributed by atoms with Gasteiger partial charge in [-0.3, -0.25) is 9.20 Å². The molecule has 0 bridgehead atoms. The molecule has 0 atom stereocenters. The lowest BCUT2D eigenvalue weighted by molar-refractivity contribution is -0.116. The van der Waals surface area contributed by atoms with Crippen LogP contribution in [0.4, 0.5) is 5.69 Å². The van der Waals surface area contributed by atoms with E-state index in [1.165, 1.54) is 0 Å². The van der Waals surface area contributed by atoms with Gasteiger partial charge in [-0.2, -0.15) is 0 Å². The van der Waals surface area contributed by atoms with Crippen LogP contribution in [0, 0.1) is 13.8 Å². The minimum absolute atomic E-state index is 0.0438. The summed E-state index contributed by atoms with van der Waals surface area (Å²) in [6.45, 7) is 7.58. The molecule has 0 aromatic carbocycles. The number of rotatable bonds is 5. The number of aromatic nitrogens is 4. The van der Waals surface area contributed by atoms with Crippen molar-refractivity contribution in [3.8, 4) is 0 Å². The number of hydrogen-bond acceptors (Lipinski definition) is 4. The number of nitrogens with zero attached hydrogens (tertiary/aromatic N) is 4. The number of carbonyl (C=O) groups is 2. The SMILES string of the molecule is Cc1cc(C(=O)O)c(C)n1CC(=O)Nc1ccc2nnc(C(C)C)n2c1. The van der Waals surface area contributed by atoms with Gasteiger partial charge in [0.1, 0.15) is 12.4 Å². The Kier molecular flexibility index (Phi) is 4.50. The van der Waals surface area contributed by atoms with Gasteiger partial charge in [-0.05, 0) is 32.0 Å². The number of amides is 1. The van der Waals surface area contributed by atoms with Gasteiger partial charge in [0.2, 0.25) is 5.91 Å². The summed E-state index contributed by atoms with van der Waals surface area (Å²) in [4.78, 5) is 23.7. The molecule has 3 rings (SSSR count). The molecule has 0 aliphatic carbocycles. The predicted octanol–water partition coefficient (Wildman–Crippen LogP) is 2.61. The maximum Gasteiger partial charge on any atom is 0.337 e. The number of carboxylic acids is 1. The number of nitrogens with one attached hydrogen (secondary N) is 1. The van der Waals surface area contributed by atoms with E-state index in [2.05, 4.69) is 15.5 Å². The number of aromatic carboxylic acids is 1. The minimum atomic E-state index is -0.996. The van der Waals surface area contributed by atoms with Gasteiger partial charge >= 0.3 is 5.97 Å². The predicted molar refractivity (Wildman–Crippen MR) is 96.6 cm³/mol. The molecule has 8 nitrogen and oxygen atoms in total. The van der Waals surface area contributed by atoms with Crippen LogP contribution in [0.2, 0.25) is 0 Å². The first-order valence-corrected chi connectivity index (χ1v) is 8.32. The van der Waals surface area contributed by atoms with E-state index in [1.807, 2.05) is 18.2 Å². The Morgan fingerprint density at radius 3 is 2.58 bits per heavy atom. The first-order chi connectivity index (χ1) is 12.3. The molecule has 0 aliphatic rings. The number of aryl methyl sites for hydroxylation is 1. The topological polar surface area (TPSA) is 102 Å². The van der Waals surface area contributed by atoms with Gasteiger partial charge in [-0.25, -0.2) is 4.79 Å². The maximum atomic E-state index is 12.4. The van der Waals surface area contributed by atoms with Crippen LogP contribution in [0.1, 0.15) is 47.3 Å². The van der Waals surface area contributed by atoms with Crippen LogP contribution in [0.25, 0.3) is 5.65 Å². The zero-order valence-corrected chi connectivity index (χ0v) is 15.1. The summed E-state index contributed by atoms with van der Waals surface area (Å²) in [6.07, 6.45) is 1.79. The van der Waals surface area contributed by atoms with Crippen molar-refractivity contribution >= 4 is 23.2 Å². The number of pyridine rings is 1. The van der Waals surface area contributed by atoms with Crippen LogP contribution in [0.3, 0.4) is 0 Å². The molecule has 3 aromatic heterocycles. The fourth-order valence-corrected chi connectivity index (χ4v) is 2.98. The second-order valence-corrected chi connectivity index (χ2v) is 6.58. The Morgan fingerprint density at radius 1 is 1.23 bits per heavy atom. The van der Waals surface area contributed by atoms with E-state index in [-0.39, 0.29) is 23.9 Å². The van der Waals surface area contributed by atoms with E-state index in [0.29, 0.717) is 11.4 Å². The largest absolute Gasteiger partial charge is 0.478 e. The van der Waals surface area contributed by atoms with Crippen molar-refractivity contribution < 1.29 is 14.7 Å². The van der Waals surface area contributed by atoms with Crippen LogP contribution in [0.15, 0.2) is 24.4 Å². The molecule has 0 radical (unpaired) electrons. The normalized spacial score (nSPS) is 11.3. The Morgan fingerprint density at radius 2 is 1.96 bits per heavy atom. The molecule has 0 saturated heterocycles. The van der Waals surface area contributed by atoms with Gasteiger partial charge in [0.25, 0.3) is 0 Å². The van der Waals surface area contributed by atoms with Gasteiger partial charge < -0.3 is 15.0 Å². The monoisotopic (exact) mass is 355 g/mol. The summed E-state index contributed by atoms with van der Waals surface area (Å²) < 4.78 is 3.55. The highest BCUT2D eigenvalue weighted by Gasteiger charge is 2.17. The summed E-state index contributed by atoms with van der Waals surface area (Å²) >= 11 is 0. The highest BCUT2D eigenvalue weighted by atomic mass is 16.4. The Balaban J connectivity index is 1.81. The lowest BCUT2D eigenvalue weighted by atomic mass is 10.2. The highest BCUT2D eigenvalue weighted by molar-refractivity contribution is 5.92. The highest BCUT2D eigenvalue weighted by Crippen LogP contribution is 2.18. The van der Waals surface area contributed by atoms with E-state index in [0.717, 1.165) is 17.2 Å². The third-order valence-corrected chi connectivity index (χ3v) is 4.33. The fraction of sp³-hybridized carbons (Fsp3) is 0.333. The van der Waals surface area contributed by atoms with Gasteiger partial charge in [0, 0.05) is 23.5 Å². The molecule has 136 valence electrons. The summed E-state index contributed by atoms with van der Waals surface area (Å²) in [6, 6.07) is 5.14. The summed E-state index contributed by atoms with van der Waals surface area (Å²) in [5.41, 5.74) is 2.84. The molecule has 0 fully saturated rings. The molecule has 0 aliphatic heterocycles. The van der Waals surface area contributed by atoms with E-state index < -0.39 is 5.97 Å². The Labute approximate surface area is 150 Å². The molecule has 26 heavy (non-hydrogen) atoms. The summed E-state index contributed by atoms with van der Waals surface area (Å²) in [7, 11) is 0. The maximum absolute atomic E-state index is 12.4. The Hall–Kier alpha value is -3.16. The van der Waals surface area contributed by atoms with Crippen LogP contribution in [0.5, 0.6) is 0 Å². The number of fused-ring (bicyclic) bond motifs is 1. The number of anilines is 1. The van der Waals surface area contributed by atoms with Crippen molar-refractivity contribution in [2.45, 2.75) is 40.2 Å². The lowest BCUT2D eigenvalue weighted by Gasteiger charge is -2.11. The zero-order valence-electron chi connectivity index (χ0n) is 15.1. The van der Waals surface area contributed by atoms with Crippen molar-refractivity contribution in [2.24, 2.45) is 0 Å². The third kappa shape index (κ3) is 3.17. The molecule has 0 spiro atoms. The van der Waals surface area contributed by atoms with Crippen LogP contribution < -0.4 is 5.32 Å². The second-order valence-electron chi connectivity index (χ2n) is 6.58. The smallest absolute Gasteiger partial charge is 0.337 e. The zero-order chi connectivity index (χ0) is 19.0. The van der Waals surface area contributed by atoms with Crippen LogP contribution in [-0.4, -0.2) is 36.1 Å². The van der Waals surface area contributed by atoms with Gasteiger partial charge in [-0.1, -0.05) is 13.8 Å². The number of hydrogen-bond donors (Lipinski definition) is 2. The minimum Gasteiger partial charge on any atom is -0.478 e. The first kappa shape index (κ1) is 17.7. The van der Waals surface area contributed by atoms with E-state index in [1.54, 1.807) is 42.8 Å². The lowest BCUT2D eigenvalue weighted by Crippen LogP contribution is -2.20. The van der Waals surface area contributed by atoms with Crippen molar-refractivity contribution in [2.75, 3.05) is 5.32 Å². The van der Waals surface area contributed by atoms with Gasteiger partial charge in [0.15, 0.2) is 5.65 Å². The van der Waals surface area contributed by atoms with Crippen LogP contribution >= 0.6 is 0 Å². The summed E-state index contributed by atoms with van der Waals surface area (Å²) in [5.74, 6) is -0.207. The molecule has 2 N–H and O–H groups in total. The van der Waals surface area contributed by atoms with Crippen molar-refractivity contribution in [1.29, 1.82) is 0 Å². The molecular weight excluding hydrogens is 334 g/mol. The molecular formula is C18H21N5O3. The second kappa shape index (κ2) is 6.62. The molecule has 0 saturated carbocycles. The van der Waals surface area contributed by atoms with Gasteiger partial charge in [0.05, 0.1) is 11.3 Å². The Bertz CT molecular complexity index is 1000. The van der Waals surface area contributed by atoms with E-state index >= 15 is 0 Å². The fourth-order valence-electron chi connectivity index (χ4n) is 2.98. The van der Waals surface area contributed by atoms with Crippen molar-refractivity contribution in [1.82, 2.24) is 19.2 Å². The average Bonchev–Trinajstić information content (AvgIpc) is 3.10. The van der Waals surface area contributed by atoms with E-state index in [9.17, 15) is 14.7 Å². The standard InChI is InChI=1S/C18H21N5O3/c1-10(2)17-21-20-15-6-5-13(8-23(15)17)19-16(24)9-22-11(3)7-14(12(22)4)18(25)26/h5-8,10H,9H2,1-4H3,(H,19,24)(H,25,26). The first-order valence-electron chi connectivity index (χ1n) is 8.32. The molecule has 0 unspecified atom stereocenters. The van der Waals surface area contributed by atoms with E-state index in [4.69, 9.17) is 0 Å². The molecule has 8 heteroatoms. The quantitative estimate of drug-likeness (QED) is 0.732. The molecule has 3 heterocycles. The third-order valence-electron chi connectivity index (χ3n) is 4.33. The van der Waals surface area contributed by atoms with Crippen molar-refractivity contribution in [3.05, 3.63) is 47.2 Å². The molecule has 1 amide bonds. The van der Waals surface area contributed by atoms with Crippen molar-refractivity contribution in [3.63, 3.8) is 0 Å². The van der Waals surface area contributed by atoms with Crippen LogP contribution in [-0.2, 0) is 11.3 Å². The number of carboxylic acid groups (broad SMARTS) is 1. The number of carbonyl (C=O) groups excluding carboxylic acids is 1. The van der Waals surface area contributed by atoms with Gasteiger partial charge in [-0.15, -0.1) is 10.2 Å². The average molecular weight is 355 g/mol.